The molecule has 7 nitrogen and oxygen atoms in total. The van der Waals surface area contributed by atoms with E-state index >= 15 is 0 Å². The van der Waals surface area contributed by atoms with Crippen LogP contribution < -0.4 is 10.7 Å². The summed E-state index contributed by atoms with van der Waals surface area (Å²) in [6.45, 7) is 1.40. The zero-order valence-electron chi connectivity index (χ0n) is 14.5. The largest absolute Gasteiger partial charge is 0.338 e. The van der Waals surface area contributed by atoms with Crippen molar-refractivity contribution in [1.29, 1.82) is 0 Å². The molecule has 5 heterocycles. The van der Waals surface area contributed by atoms with E-state index in [2.05, 4.69) is 25.7 Å². The molecule has 2 aliphatic heterocycles. The van der Waals surface area contributed by atoms with Gasteiger partial charge in [0.05, 0.1) is 24.1 Å². The van der Waals surface area contributed by atoms with E-state index in [-0.39, 0.29) is 0 Å². The molecule has 0 amide bonds. The van der Waals surface area contributed by atoms with Crippen LogP contribution in [0.25, 0.3) is 11.3 Å². The van der Waals surface area contributed by atoms with Gasteiger partial charge >= 0.3 is 0 Å². The maximum atomic E-state index is 4.75. The molecule has 2 N–H and O–H groups in total. The first-order valence-electron chi connectivity index (χ1n) is 8.72. The van der Waals surface area contributed by atoms with Crippen molar-refractivity contribution in [2.24, 2.45) is 4.99 Å². The third-order valence-corrected chi connectivity index (χ3v) is 4.64. The Balaban J connectivity index is 1.49. The minimum Gasteiger partial charge on any atom is -0.338 e. The van der Waals surface area contributed by atoms with Crippen LogP contribution in [-0.4, -0.2) is 32.8 Å². The summed E-state index contributed by atoms with van der Waals surface area (Å²) in [6, 6.07) is 9.99. The first kappa shape index (κ1) is 15.7. The Labute approximate surface area is 156 Å². The van der Waals surface area contributed by atoms with Crippen LogP contribution in [0.3, 0.4) is 0 Å². The Hall–Kier alpha value is -3.58. The van der Waals surface area contributed by atoms with Crippen molar-refractivity contribution in [2.45, 2.75) is 6.54 Å². The Morgan fingerprint density at radius 3 is 2.81 bits per heavy atom. The molecule has 5 rings (SSSR count). The predicted octanol–water partition coefficient (Wildman–Crippen LogP) is 2.85. The van der Waals surface area contributed by atoms with Crippen molar-refractivity contribution in [1.82, 2.24) is 25.4 Å². The summed E-state index contributed by atoms with van der Waals surface area (Å²) in [5.41, 5.74) is 9.68. The first-order valence-corrected chi connectivity index (χ1v) is 8.72. The summed E-state index contributed by atoms with van der Waals surface area (Å²) in [6.07, 6.45) is 10.8. The van der Waals surface area contributed by atoms with Crippen molar-refractivity contribution in [2.75, 3.05) is 11.9 Å². The molecule has 3 aromatic rings. The van der Waals surface area contributed by atoms with E-state index in [1.54, 1.807) is 18.6 Å². The van der Waals surface area contributed by atoms with Gasteiger partial charge in [0.1, 0.15) is 12.2 Å². The topological polar surface area (TPSA) is 78.3 Å². The van der Waals surface area contributed by atoms with E-state index in [0.717, 1.165) is 33.9 Å². The van der Waals surface area contributed by atoms with E-state index in [4.69, 9.17) is 4.99 Å². The highest BCUT2D eigenvalue weighted by atomic mass is 15.5. The van der Waals surface area contributed by atoms with Gasteiger partial charge in [-0.3, -0.25) is 15.0 Å². The third-order valence-electron chi connectivity index (χ3n) is 4.64. The van der Waals surface area contributed by atoms with Crippen LogP contribution >= 0.6 is 0 Å². The van der Waals surface area contributed by atoms with Crippen molar-refractivity contribution in [3.8, 4) is 0 Å². The molecule has 0 bridgehead atoms. The minimum absolute atomic E-state index is 0.691. The van der Waals surface area contributed by atoms with E-state index in [0.29, 0.717) is 13.1 Å². The second kappa shape index (κ2) is 6.62. The second-order valence-corrected chi connectivity index (χ2v) is 6.34. The quantitative estimate of drug-likeness (QED) is 0.752. The number of pyridine rings is 3. The van der Waals surface area contributed by atoms with Gasteiger partial charge < -0.3 is 5.32 Å². The lowest BCUT2D eigenvalue weighted by Crippen LogP contribution is -2.39. The molecule has 0 radical (unpaired) electrons. The zero-order valence-corrected chi connectivity index (χ0v) is 14.5. The van der Waals surface area contributed by atoms with Gasteiger partial charge in [-0.1, -0.05) is 0 Å². The zero-order chi connectivity index (χ0) is 18.1. The number of rotatable bonds is 3. The molecule has 0 unspecified atom stereocenters. The van der Waals surface area contributed by atoms with Gasteiger partial charge in [0, 0.05) is 48.0 Å². The maximum Gasteiger partial charge on any atom is 0.139 e. The first-order chi connectivity index (χ1) is 13.4. The number of anilines is 2. The van der Waals surface area contributed by atoms with Crippen molar-refractivity contribution >= 4 is 29.1 Å². The second-order valence-electron chi connectivity index (χ2n) is 6.34. The highest BCUT2D eigenvalue weighted by Gasteiger charge is 2.25. The van der Waals surface area contributed by atoms with Gasteiger partial charge in [-0.05, 0) is 35.9 Å². The number of hydrogen-bond donors (Lipinski definition) is 2. The molecule has 0 fully saturated rings. The molecule has 0 saturated heterocycles. The van der Waals surface area contributed by atoms with Crippen LogP contribution in [0.15, 0.2) is 66.3 Å². The van der Waals surface area contributed by atoms with Crippen LogP contribution in [-0.2, 0) is 6.54 Å². The molecule has 0 atom stereocenters. The third kappa shape index (κ3) is 2.94. The Bertz CT molecular complexity index is 1040. The average molecular weight is 355 g/mol. The number of hydrogen-bond acceptors (Lipinski definition) is 7. The van der Waals surface area contributed by atoms with Crippen molar-refractivity contribution < 1.29 is 0 Å². The summed E-state index contributed by atoms with van der Waals surface area (Å²) in [5.74, 6) is 0.798. The number of hydrazine groups is 1. The fourth-order valence-electron chi connectivity index (χ4n) is 3.31. The van der Waals surface area contributed by atoms with Crippen LogP contribution in [0.1, 0.15) is 16.7 Å². The van der Waals surface area contributed by atoms with Gasteiger partial charge in [0.2, 0.25) is 0 Å². The molecule has 0 spiro atoms. The summed E-state index contributed by atoms with van der Waals surface area (Å²) in [5, 5.41) is 5.40. The Morgan fingerprint density at radius 1 is 1.00 bits per heavy atom. The smallest absolute Gasteiger partial charge is 0.139 e. The molecule has 0 aliphatic carbocycles. The standard InChI is InChI=1S/C20H17N7/c1-2-16-19-17(15-5-9-22-11-18(15)26-20(16)23-6-1)12-27(13-24-19)25-10-14-3-7-21-8-4-14/h1-9,11,13,25H,10,12H2,(H,23,26). The lowest BCUT2D eigenvalue weighted by atomic mass is 10.0. The summed E-state index contributed by atoms with van der Waals surface area (Å²) >= 11 is 0. The Kier molecular flexibility index (Phi) is 3.84. The van der Waals surface area contributed by atoms with E-state index in [1.165, 1.54) is 5.56 Å². The lowest BCUT2D eigenvalue weighted by molar-refractivity contribution is 0.344. The molecule has 0 aromatic carbocycles. The van der Waals surface area contributed by atoms with Crippen LogP contribution in [0.5, 0.6) is 0 Å². The minimum atomic E-state index is 0.691. The Morgan fingerprint density at radius 2 is 1.89 bits per heavy atom. The molecule has 3 aromatic heterocycles. The molecule has 7 heteroatoms. The molecule has 0 saturated carbocycles. The number of aliphatic imine (C=N–C) groups is 1. The number of nitrogens with zero attached hydrogens (tertiary/aromatic N) is 5. The highest BCUT2D eigenvalue weighted by molar-refractivity contribution is 6.02. The predicted molar refractivity (Wildman–Crippen MR) is 105 cm³/mol. The average Bonchev–Trinajstić information content (AvgIpc) is 2.87. The normalized spacial score (nSPS) is 14.7. The van der Waals surface area contributed by atoms with E-state index in [9.17, 15) is 0 Å². The van der Waals surface area contributed by atoms with Gasteiger partial charge in [-0.2, -0.15) is 0 Å². The van der Waals surface area contributed by atoms with Gasteiger partial charge in [-0.25, -0.2) is 15.4 Å². The fourth-order valence-corrected chi connectivity index (χ4v) is 3.31. The van der Waals surface area contributed by atoms with Gasteiger partial charge in [0.25, 0.3) is 0 Å². The van der Waals surface area contributed by atoms with E-state index < -0.39 is 0 Å². The molecule has 2 aliphatic rings. The fraction of sp³-hybridized carbons (Fsp3) is 0.100. The summed E-state index contributed by atoms with van der Waals surface area (Å²) in [4.78, 5) is 17.5. The van der Waals surface area contributed by atoms with Gasteiger partial charge in [-0.15, -0.1) is 0 Å². The molecular weight excluding hydrogens is 338 g/mol. The number of fused-ring (bicyclic) bond motifs is 4. The number of nitrogens with one attached hydrogen (secondary N) is 2. The molecule has 132 valence electrons. The van der Waals surface area contributed by atoms with Gasteiger partial charge in [0.15, 0.2) is 0 Å². The van der Waals surface area contributed by atoms with Crippen molar-refractivity contribution in [3.05, 3.63) is 78.0 Å². The van der Waals surface area contributed by atoms with Crippen LogP contribution in [0, 0.1) is 0 Å². The van der Waals surface area contributed by atoms with Crippen LogP contribution in [0.4, 0.5) is 11.5 Å². The monoisotopic (exact) mass is 355 g/mol. The van der Waals surface area contributed by atoms with Crippen molar-refractivity contribution in [3.63, 3.8) is 0 Å². The highest BCUT2D eigenvalue weighted by Crippen LogP contribution is 2.40. The number of aromatic nitrogens is 3. The summed E-state index contributed by atoms with van der Waals surface area (Å²) < 4.78 is 0. The molecule has 27 heavy (non-hydrogen) atoms. The summed E-state index contributed by atoms with van der Waals surface area (Å²) in [7, 11) is 0. The SMILES string of the molecule is C1=NC2=C(CN1NCc1ccncc1)c1ccncc1Nc1ncccc12. The lowest BCUT2D eigenvalue weighted by Gasteiger charge is -2.27. The van der Waals surface area contributed by atoms with Crippen LogP contribution in [0.2, 0.25) is 0 Å². The van der Waals surface area contributed by atoms with E-state index in [1.807, 2.05) is 54.1 Å². The maximum absolute atomic E-state index is 4.75. The molecular formula is C20H17N7.